The van der Waals surface area contributed by atoms with Gasteiger partial charge in [0.2, 0.25) is 0 Å². The maximum Gasteiger partial charge on any atom is 0.673 e. The van der Waals surface area contributed by atoms with Crippen molar-refractivity contribution >= 4 is 43.5 Å². The van der Waals surface area contributed by atoms with E-state index in [9.17, 15) is 104 Å². The Morgan fingerprint density at radius 2 is 0.121 bits per heavy atom. The van der Waals surface area contributed by atoms with Gasteiger partial charge in [0, 0.05) is 0 Å². The van der Waals surface area contributed by atoms with Crippen LogP contribution in [0.4, 0.5) is 104 Å². The molecule has 0 unspecified atom stereocenters. The van der Waals surface area contributed by atoms with Gasteiger partial charge in [-0.15, -0.1) is 0 Å². The highest BCUT2D eigenvalue weighted by Crippen LogP contribution is 2.24. The van der Waals surface area contributed by atoms with Crippen molar-refractivity contribution in [3.63, 3.8) is 0 Å². The first-order valence-corrected chi connectivity index (χ1v) is 53.8. The van der Waals surface area contributed by atoms with Gasteiger partial charge in [-0.3, -0.25) is 0 Å². The molecule has 816 valence electrons. The first kappa shape index (κ1) is 156. The molecule has 0 heterocycles. The molecule has 0 radical (unpaired) electrons. The highest BCUT2D eigenvalue weighted by Gasteiger charge is 2.32. The predicted octanol–water partition coefficient (Wildman–Crippen LogP) is 37.8. The fourth-order valence-corrected chi connectivity index (χ4v) is 15.9. The summed E-state index contributed by atoms with van der Waals surface area (Å²) in [7, 11) is -36.0. The SMILES string of the molecule is CCCC[N+](CCCC)(CCCC)CCCC.CCCC[N+](CCCC)(CCCC)CCCC.CCCC[N+](CCCC)(CCCC)CCCC.CCCC[N+](CCCC)(CCCC)CCCC.CCCC[N+](CCCC)(CCCC)CCCC.CCCC[N+](CCCC)(CCCC)CCCC.F[B-](F)(F)F.F[B-](F)(F)F.F[B-](F)(F)F.F[B-](F)(F)F.F[B-](F)(F)F.F[B-](F)(F)F. The lowest BCUT2D eigenvalue weighted by Crippen LogP contribution is -2.50. The van der Waals surface area contributed by atoms with Crippen LogP contribution in [0.3, 0.4) is 0 Å². The Balaban J connectivity index is -0.000000123. The summed E-state index contributed by atoms with van der Waals surface area (Å²) < 4.78 is 243. The molecule has 0 aliphatic carbocycles. The minimum Gasteiger partial charge on any atom is -0.418 e. The topological polar surface area (TPSA) is 0 Å². The Hall–Kier alpha value is -1.53. The smallest absolute Gasteiger partial charge is 0.418 e. The van der Waals surface area contributed by atoms with Crippen LogP contribution >= 0.6 is 0 Å². The van der Waals surface area contributed by atoms with E-state index in [4.69, 9.17) is 0 Å². The lowest BCUT2D eigenvalue weighted by Gasteiger charge is -2.39. The average molecular weight is 1980 g/mol. The minimum atomic E-state index is -6.00. The molecule has 0 saturated heterocycles. The quantitative estimate of drug-likeness (QED) is 0.0323. The van der Waals surface area contributed by atoms with Gasteiger partial charge in [-0.05, 0) is 154 Å². The summed E-state index contributed by atoms with van der Waals surface area (Å²) in [5, 5.41) is 0. The molecular weight excluding hydrogens is 1760 g/mol. The van der Waals surface area contributed by atoms with Gasteiger partial charge >= 0.3 is 43.5 Å². The second-order valence-electron chi connectivity index (χ2n) is 36.9. The number of rotatable bonds is 72. The largest absolute Gasteiger partial charge is 0.673 e. The van der Waals surface area contributed by atoms with E-state index in [0.717, 1.165) is 0 Å². The Morgan fingerprint density at radius 1 is 0.0909 bits per heavy atom. The lowest BCUT2D eigenvalue weighted by molar-refractivity contribution is -0.929. The average Bonchev–Trinajstić information content (AvgIpc) is 0.905. The second kappa shape index (κ2) is 105. The Kier molecular flexibility index (Phi) is 124. The van der Waals surface area contributed by atoms with Crippen LogP contribution in [0.15, 0.2) is 0 Å². The predicted molar refractivity (Wildman–Crippen MR) is 537 cm³/mol. The van der Waals surface area contributed by atoms with E-state index in [-0.39, 0.29) is 0 Å². The van der Waals surface area contributed by atoms with E-state index in [0.29, 0.717) is 0 Å². The molecule has 0 aromatic rings. The van der Waals surface area contributed by atoms with Gasteiger partial charge in [0.25, 0.3) is 0 Å². The third-order valence-electron chi connectivity index (χ3n) is 23.7. The maximum absolute atomic E-state index is 9.75. The van der Waals surface area contributed by atoms with Crippen molar-refractivity contribution in [2.24, 2.45) is 0 Å². The molecule has 0 amide bonds. The van der Waals surface area contributed by atoms with Gasteiger partial charge in [-0.25, -0.2) is 0 Å². The first-order chi connectivity index (χ1) is 61.5. The van der Waals surface area contributed by atoms with Crippen LogP contribution in [0.5, 0.6) is 0 Å². The van der Waals surface area contributed by atoms with Crippen molar-refractivity contribution in [3.8, 4) is 0 Å². The van der Waals surface area contributed by atoms with Gasteiger partial charge in [0.1, 0.15) is 0 Å². The number of quaternary nitrogens is 6. The molecular formula is C96H216B6F24N6. The van der Waals surface area contributed by atoms with E-state index in [1.165, 1.54) is 492 Å². The molecule has 0 rings (SSSR count). The molecule has 0 aromatic carbocycles. The summed E-state index contributed by atoms with van der Waals surface area (Å²) in [5.41, 5.74) is 0. The Labute approximate surface area is 801 Å². The third-order valence-corrected chi connectivity index (χ3v) is 23.7. The van der Waals surface area contributed by atoms with Crippen molar-refractivity contribution in [1.82, 2.24) is 0 Å². The van der Waals surface area contributed by atoms with Crippen LogP contribution < -0.4 is 0 Å². The maximum atomic E-state index is 9.75. The van der Waals surface area contributed by atoms with Gasteiger partial charge in [0.05, 0.1) is 157 Å². The van der Waals surface area contributed by atoms with Crippen LogP contribution in [0.25, 0.3) is 0 Å². The molecule has 0 atom stereocenters. The summed E-state index contributed by atoms with van der Waals surface area (Å²) in [4.78, 5) is 0. The van der Waals surface area contributed by atoms with Crippen molar-refractivity contribution in [2.45, 2.75) is 474 Å². The normalized spacial score (nSPS) is 12.0. The number of nitrogens with zero attached hydrogens (tertiary/aromatic N) is 6. The molecule has 0 bridgehead atoms. The molecule has 0 fully saturated rings. The van der Waals surface area contributed by atoms with Gasteiger partial charge < -0.3 is 130 Å². The summed E-state index contributed by atoms with van der Waals surface area (Å²) in [5.74, 6) is 0. The van der Waals surface area contributed by atoms with Gasteiger partial charge in [-0.1, -0.05) is 320 Å². The van der Waals surface area contributed by atoms with E-state index in [2.05, 4.69) is 166 Å². The number of hydrogen-bond acceptors (Lipinski definition) is 0. The third kappa shape index (κ3) is 149. The van der Waals surface area contributed by atoms with E-state index in [1.807, 2.05) is 0 Å². The lowest BCUT2D eigenvalue weighted by atomic mass is 10.1. The minimum absolute atomic E-state index is 1.35. The van der Waals surface area contributed by atoms with Crippen LogP contribution in [-0.2, 0) is 0 Å². The van der Waals surface area contributed by atoms with Crippen LogP contribution in [-0.4, -0.2) is 227 Å². The van der Waals surface area contributed by atoms with Crippen molar-refractivity contribution in [3.05, 3.63) is 0 Å². The molecule has 0 spiro atoms. The van der Waals surface area contributed by atoms with Gasteiger partial charge in [-0.2, -0.15) is 0 Å². The Morgan fingerprint density at radius 3 is 0.144 bits per heavy atom. The highest BCUT2D eigenvalue weighted by atomic mass is 19.5. The van der Waals surface area contributed by atoms with Crippen molar-refractivity contribution in [2.75, 3.05) is 157 Å². The zero-order valence-electron chi connectivity index (χ0n) is 90.1. The summed E-state index contributed by atoms with van der Waals surface area (Å²) in [6.45, 7) is 90.1. The molecule has 0 aliphatic rings. The molecule has 0 aromatic heterocycles. The molecule has 0 N–H and O–H groups in total. The number of unbranched alkanes of at least 4 members (excludes halogenated alkanes) is 24. The van der Waals surface area contributed by atoms with E-state index >= 15 is 0 Å². The van der Waals surface area contributed by atoms with Crippen molar-refractivity contribution in [1.29, 1.82) is 0 Å². The van der Waals surface area contributed by atoms with E-state index < -0.39 is 43.5 Å². The standard InChI is InChI=1S/6C16H36N.6BF4/c6*1-5-9-13-17(14-10-6-2,15-11-7-3)16-12-8-4;6*2-1(3,4)5/h6*5-16H2,1-4H3;;;;;;/q6*+1;6*-1. The molecule has 132 heavy (non-hydrogen) atoms. The number of halogens is 24. The fourth-order valence-electron chi connectivity index (χ4n) is 15.9. The monoisotopic (exact) mass is 1980 g/mol. The van der Waals surface area contributed by atoms with Crippen LogP contribution in [0.2, 0.25) is 0 Å². The fraction of sp³-hybridized carbons (Fsp3) is 1.00. The number of hydrogen-bond donors (Lipinski definition) is 0. The van der Waals surface area contributed by atoms with Crippen LogP contribution in [0, 0.1) is 0 Å². The zero-order valence-corrected chi connectivity index (χ0v) is 90.1. The molecule has 36 heteroatoms. The summed E-state index contributed by atoms with van der Waals surface area (Å²) >= 11 is 0. The summed E-state index contributed by atoms with van der Waals surface area (Å²) in [6.07, 6.45) is 66.4. The molecule has 0 aliphatic heterocycles. The molecule has 6 nitrogen and oxygen atoms in total. The Bertz CT molecular complexity index is 1520. The van der Waals surface area contributed by atoms with Gasteiger partial charge in [0.15, 0.2) is 0 Å². The van der Waals surface area contributed by atoms with Crippen LogP contribution in [0.1, 0.15) is 474 Å². The van der Waals surface area contributed by atoms with Crippen molar-refractivity contribution < 1.29 is 130 Å². The molecule has 0 saturated carbocycles. The zero-order chi connectivity index (χ0) is 105. The second-order valence-corrected chi connectivity index (χ2v) is 36.9. The summed E-state index contributed by atoms with van der Waals surface area (Å²) in [6, 6.07) is 0. The first-order valence-electron chi connectivity index (χ1n) is 53.8. The van der Waals surface area contributed by atoms with E-state index in [1.54, 1.807) is 0 Å². The highest BCUT2D eigenvalue weighted by molar-refractivity contribution is 6.51.